The summed E-state index contributed by atoms with van der Waals surface area (Å²) >= 11 is 0. The number of hydrogen-bond acceptors (Lipinski definition) is 3. The summed E-state index contributed by atoms with van der Waals surface area (Å²) in [5, 5.41) is 0. The molecule has 4 heteroatoms. The van der Waals surface area contributed by atoms with Crippen LogP contribution in [-0.4, -0.2) is 19.3 Å². The van der Waals surface area contributed by atoms with E-state index in [-0.39, 0.29) is 18.0 Å². The van der Waals surface area contributed by atoms with Crippen LogP contribution in [0.5, 0.6) is 5.75 Å². The second-order valence-corrected chi connectivity index (χ2v) is 4.74. The lowest BCUT2D eigenvalue weighted by Crippen LogP contribution is -2.26. The molecule has 2 N–H and O–H groups in total. The van der Waals surface area contributed by atoms with Crippen LogP contribution >= 0.6 is 0 Å². The standard InChI is InChI=1S/C14H20FNO2/c1-10(16)14-12(15)6-4-7-13(14)18-9-11-5-2-3-8-17-11/h4,6-7,10-11H,2-3,5,8-9,16H2,1H3. The summed E-state index contributed by atoms with van der Waals surface area (Å²) in [6.07, 6.45) is 3.39. The molecule has 1 aromatic rings. The summed E-state index contributed by atoms with van der Waals surface area (Å²) in [6.45, 7) is 3.00. The predicted octanol–water partition coefficient (Wildman–Crippen LogP) is 2.79. The van der Waals surface area contributed by atoms with Crippen LogP contribution in [0.3, 0.4) is 0 Å². The van der Waals surface area contributed by atoms with Crippen LogP contribution in [0.25, 0.3) is 0 Å². The third-order valence-electron chi connectivity index (χ3n) is 3.17. The van der Waals surface area contributed by atoms with Crippen molar-refractivity contribution in [3.05, 3.63) is 29.6 Å². The Bertz CT molecular complexity index is 389. The van der Waals surface area contributed by atoms with Gasteiger partial charge >= 0.3 is 0 Å². The van der Waals surface area contributed by atoms with E-state index in [2.05, 4.69) is 0 Å². The highest BCUT2D eigenvalue weighted by Crippen LogP contribution is 2.27. The molecule has 0 radical (unpaired) electrons. The van der Waals surface area contributed by atoms with Gasteiger partial charge in [0.2, 0.25) is 0 Å². The first-order chi connectivity index (χ1) is 8.68. The van der Waals surface area contributed by atoms with E-state index in [0.29, 0.717) is 17.9 Å². The van der Waals surface area contributed by atoms with Crippen molar-refractivity contribution in [2.75, 3.05) is 13.2 Å². The lowest BCUT2D eigenvalue weighted by Gasteiger charge is -2.23. The van der Waals surface area contributed by atoms with Crippen molar-refractivity contribution >= 4 is 0 Å². The topological polar surface area (TPSA) is 44.5 Å². The summed E-state index contributed by atoms with van der Waals surface area (Å²) < 4.78 is 24.9. The molecule has 100 valence electrons. The lowest BCUT2D eigenvalue weighted by molar-refractivity contribution is -0.0113. The molecule has 1 aliphatic rings. The number of nitrogens with two attached hydrogens (primary N) is 1. The number of halogens is 1. The Labute approximate surface area is 107 Å². The molecule has 0 saturated carbocycles. The monoisotopic (exact) mass is 253 g/mol. The fourth-order valence-electron chi connectivity index (χ4n) is 2.21. The fraction of sp³-hybridized carbons (Fsp3) is 0.571. The molecule has 2 unspecified atom stereocenters. The van der Waals surface area contributed by atoms with Crippen LogP contribution in [0.15, 0.2) is 18.2 Å². The second kappa shape index (κ2) is 6.16. The maximum Gasteiger partial charge on any atom is 0.131 e. The Balaban J connectivity index is 2.02. The summed E-state index contributed by atoms with van der Waals surface area (Å²) in [6, 6.07) is 4.42. The van der Waals surface area contributed by atoms with Crippen molar-refractivity contribution in [3.8, 4) is 5.75 Å². The molecular formula is C14H20FNO2. The maximum absolute atomic E-state index is 13.7. The van der Waals surface area contributed by atoms with Gasteiger partial charge in [-0.2, -0.15) is 0 Å². The number of hydrogen-bond donors (Lipinski definition) is 1. The minimum atomic E-state index is -0.381. The van der Waals surface area contributed by atoms with Crippen molar-refractivity contribution < 1.29 is 13.9 Å². The Hall–Kier alpha value is -1.13. The average Bonchev–Trinajstić information content (AvgIpc) is 2.37. The van der Waals surface area contributed by atoms with Crippen LogP contribution in [0.4, 0.5) is 4.39 Å². The number of rotatable bonds is 4. The Kier molecular flexibility index (Phi) is 4.55. The molecule has 2 atom stereocenters. The summed E-state index contributed by atoms with van der Waals surface area (Å²) in [4.78, 5) is 0. The maximum atomic E-state index is 13.7. The predicted molar refractivity (Wildman–Crippen MR) is 68.1 cm³/mol. The van der Waals surface area contributed by atoms with E-state index in [0.717, 1.165) is 25.9 Å². The fourth-order valence-corrected chi connectivity index (χ4v) is 2.21. The van der Waals surface area contributed by atoms with Gasteiger partial charge in [0.25, 0.3) is 0 Å². The van der Waals surface area contributed by atoms with Crippen LogP contribution in [0.2, 0.25) is 0 Å². The van der Waals surface area contributed by atoms with Gasteiger partial charge < -0.3 is 15.2 Å². The van der Waals surface area contributed by atoms with Gasteiger partial charge in [-0.3, -0.25) is 0 Å². The Morgan fingerprint density at radius 1 is 1.50 bits per heavy atom. The van der Waals surface area contributed by atoms with E-state index in [1.165, 1.54) is 6.07 Å². The number of benzene rings is 1. The molecule has 0 aliphatic carbocycles. The Morgan fingerprint density at radius 2 is 2.33 bits per heavy atom. The first-order valence-corrected chi connectivity index (χ1v) is 6.47. The van der Waals surface area contributed by atoms with Gasteiger partial charge in [-0.1, -0.05) is 6.07 Å². The molecule has 1 fully saturated rings. The van der Waals surface area contributed by atoms with Gasteiger partial charge in [-0.15, -0.1) is 0 Å². The van der Waals surface area contributed by atoms with Gasteiger partial charge in [0.1, 0.15) is 18.2 Å². The zero-order chi connectivity index (χ0) is 13.0. The molecule has 18 heavy (non-hydrogen) atoms. The normalized spacial score (nSPS) is 21.6. The molecule has 0 amide bonds. The zero-order valence-electron chi connectivity index (χ0n) is 10.7. The van der Waals surface area contributed by atoms with Crippen LogP contribution in [-0.2, 0) is 4.74 Å². The minimum Gasteiger partial charge on any atom is -0.490 e. The molecule has 0 spiro atoms. The van der Waals surface area contributed by atoms with Gasteiger partial charge in [-0.25, -0.2) is 4.39 Å². The molecule has 1 heterocycles. The van der Waals surface area contributed by atoms with Crippen LogP contribution in [0.1, 0.15) is 37.8 Å². The zero-order valence-corrected chi connectivity index (χ0v) is 10.7. The SMILES string of the molecule is CC(N)c1c(F)cccc1OCC1CCCCO1. The van der Waals surface area contributed by atoms with Crippen molar-refractivity contribution in [2.24, 2.45) is 5.73 Å². The molecule has 0 bridgehead atoms. The second-order valence-electron chi connectivity index (χ2n) is 4.74. The van der Waals surface area contributed by atoms with E-state index < -0.39 is 0 Å². The van der Waals surface area contributed by atoms with Crippen molar-refractivity contribution in [3.63, 3.8) is 0 Å². The van der Waals surface area contributed by atoms with E-state index in [4.69, 9.17) is 15.2 Å². The number of ether oxygens (including phenoxy) is 2. The molecule has 0 aromatic heterocycles. The van der Waals surface area contributed by atoms with Gasteiger partial charge in [0.15, 0.2) is 0 Å². The summed E-state index contributed by atoms with van der Waals surface area (Å²) in [5.74, 6) is 0.214. The van der Waals surface area contributed by atoms with Gasteiger partial charge in [0, 0.05) is 18.2 Å². The third kappa shape index (κ3) is 3.21. The largest absolute Gasteiger partial charge is 0.490 e. The molecule has 2 rings (SSSR count). The highest BCUT2D eigenvalue weighted by atomic mass is 19.1. The van der Waals surface area contributed by atoms with Crippen molar-refractivity contribution in [2.45, 2.75) is 38.3 Å². The Morgan fingerprint density at radius 3 is 3.00 bits per heavy atom. The lowest BCUT2D eigenvalue weighted by atomic mass is 10.1. The smallest absolute Gasteiger partial charge is 0.131 e. The molecule has 1 saturated heterocycles. The summed E-state index contributed by atoms with van der Waals surface area (Å²) in [5.41, 5.74) is 6.21. The van der Waals surface area contributed by atoms with E-state index in [9.17, 15) is 4.39 Å². The van der Waals surface area contributed by atoms with Crippen molar-refractivity contribution in [1.29, 1.82) is 0 Å². The van der Waals surface area contributed by atoms with Gasteiger partial charge in [0.05, 0.1) is 6.10 Å². The molecule has 1 aromatic carbocycles. The van der Waals surface area contributed by atoms with E-state index >= 15 is 0 Å². The highest BCUT2D eigenvalue weighted by Gasteiger charge is 2.17. The minimum absolute atomic E-state index is 0.114. The quantitative estimate of drug-likeness (QED) is 0.897. The highest BCUT2D eigenvalue weighted by molar-refractivity contribution is 5.36. The van der Waals surface area contributed by atoms with Crippen LogP contribution in [0, 0.1) is 5.82 Å². The molecule has 3 nitrogen and oxygen atoms in total. The van der Waals surface area contributed by atoms with E-state index in [1.54, 1.807) is 19.1 Å². The van der Waals surface area contributed by atoms with Gasteiger partial charge in [-0.05, 0) is 38.3 Å². The molecular weight excluding hydrogens is 233 g/mol. The van der Waals surface area contributed by atoms with E-state index in [1.807, 2.05) is 0 Å². The summed E-state index contributed by atoms with van der Waals surface area (Å²) in [7, 11) is 0. The first kappa shape index (κ1) is 13.3. The third-order valence-corrected chi connectivity index (χ3v) is 3.17. The van der Waals surface area contributed by atoms with Crippen molar-refractivity contribution in [1.82, 2.24) is 0 Å². The first-order valence-electron chi connectivity index (χ1n) is 6.47. The van der Waals surface area contributed by atoms with Crippen LogP contribution < -0.4 is 10.5 Å². The molecule has 1 aliphatic heterocycles. The average molecular weight is 253 g/mol.